The van der Waals surface area contributed by atoms with Gasteiger partial charge < -0.3 is 4.90 Å². The summed E-state index contributed by atoms with van der Waals surface area (Å²) in [7, 11) is 1.94. The molecule has 0 spiro atoms. The molecule has 1 aromatic carbocycles. The van der Waals surface area contributed by atoms with Gasteiger partial charge in [0, 0.05) is 19.0 Å². The van der Waals surface area contributed by atoms with E-state index in [2.05, 4.69) is 42.0 Å². The van der Waals surface area contributed by atoms with Crippen molar-refractivity contribution in [3.63, 3.8) is 0 Å². The van der Waals surface area contributed by atoms with Crippen LogP contribution in [0.25, 0.3) is 10.2 Å². The fourth-order valence-electron chi connectivity index (χ4n) is 4.01. The van der Waals surface area contributed by atoms with Crippen molar-refractivity contribution >= 4 is 27.5 Å². The third-order valence-electron chi connectivity index (χ3n) is 5.05. The van der Waals surface area contributed by atoms with E-state index in [-0.39, 0.29) is 11.9 Å². The van der Waals surface area contributed by atoms with Crippen molar-refractivity contribution in [2.24, 2.45) is 7.05 Å². The number of carbonyl (C=O) groups excluding carboxylic acids is 1. The minimum Gasteiger partial charge on any atom is -0.331 e. The van der Waals surface area contributed by atoms with Crippen molar-refractivity contribution in [3.05, 3.63) is 51.5 Å². The van der Waals surface area contributed by atoms with Crippen LogP contribution in [-0.2, 0) is 7.05 Å². The molecule has 3 aromatic rings. The minimum atomic E-state index is 0.155. The molecule has 130 valence electrons. The van der Waals surface area contributed by atoms with Crippen molar-refractivity contribution in [2.45, 2.75) is 39.7 Å². The second-order valence-electron chi connectivity index (χ2n) is 7.12. The molecule has 1 fully saturated rings. The lowest BCUT2D eigenvalue weighted by Gasteiger charge is -2.25. The molecule has 1 amide bonds. The van der Waals surface area contributed by atoms with Crippen LogP contribution in [0.5, 0.6) is 0 Å². The molecule has 1 aliphatic heterocycles. The lowest BCUT2D eigenvalue weighted by molar-refractivity contribution is 0.0740. The Morgan fingerprint density at radius 3 is 2.56 bits per heavy atom. The number of benzene rings is 1. The van der Waals surface area contributed by atoms with Crippen molar-refractivity contribution in [3.8, 4) is 0 Å². The predicted octanol–water partition coefficient (Wildman–Crippen LogP) is 4.54. The Bertz CT molecular complexity index is 914. The molecule has 0 aliphatic carbocycles. The zero-order valence-corrected chi connectivity index (χ0v) is 16.0. The zero-order chi connectivity index (χ0) is 17.7. The molecule has 0 radical (unpaired) electrons. The summed E-state index contributed by atoms with van der Waals surface area (Å²) in [5, 5.41) is 5.53. The van der Waals surface area contributed by atoms with Gasteiger partial charge in [-0.3, -0.25) is 9.48 Å². The third-order valence-corrected chi connectivity index (χ3v) is 6.24. The van der Waals surface area contributed by atoms with Gasteiger partial charge in [-0.2, -0.15) is 5.10 Å². The average molecular weight is 353 g/mol. The Balaban J connectivity index is 1.69. The first-order valence-electron chi connectivity index (χ1n) is 8.76. The molecule has 1 atom stereocenters. The van der Waals surface area contributed by atoms with E-state index in [1.807, 2.05) is 24.7 Å². The standard InChI is InChI=1S/C20H23N3OS/c1-12-8-13(2)10-15(9-12)17-6-5-7-23(17)19(24)18-11-16-14(3)21-22(4)20(16)25-18/h8-11,17H,5-7H2,1-4H3. The molecular formula is C20H23N3OS. The molecule has 0 bridgehead atoms. The molecular weight excluding hydrogens is 330 g/mol. The molecule has 1 saturated heterocycles. The van der Waals surface area contributed by atoms with Gasteiger partial charge in [0.2, 0.25) is 0 Å². The number of rotatable bonds is 2. The first kappa shape index (κ1) is 16.3. The van der Waals surface area contributed by atoms with Gasteiger partial charge >= 0.3 is 0 Å². The number of hydrogen-bond donors (Lipinski definition) is 0. The van der Waals surface area contributed by atoms with E-state index in [4.69, 9.17) is 0 Å². The Labute approximate surface area is 152 Å². The largest absolute Gasteiger partial charge is 0.331 e. The smallest absolute Gasteiger partial charge is 0.264 e. The van der Waals surface area contributed by atoms with Gasteiger partial charge in [-0.05, 0) is 45.2 Å². The molecule has 2 aromatic heterocycles. The fraction of sp³-hybridized carbons (Fsp3) is 0.400. The van der Waals surface area contributed by atoms with Gasteiger partial charge in [-0.1, -0.05) is 29.3 Å². The topological polar surface area (TPSA) is 38.1 Å². The van der Waals surface area contributed by atoms with E-state index in [9.17, 15) is 4.79 Å². The van der Waals surface area contributed by atoms with Gasteiger partial charge in [0.25, 0.3) is 5.91 Å². The average Bonchev–Trinajstić information content (AvgIpc) is 3.24. The molecule has 5 heteroatoms. The number of fused-ring (bicyclic) bond motifs is 1. The SMILES string of the molecule is Cc1cc(C)cc(C2CCCN2C(=O)c2cc3c(C)nn(C)c3s2)c1. The van der Waals surface area contributed by atoms with Crippen LogP contribution in [0.4, 0.5) is 0 Å². The minimum absolute atomic E-state index is 0.155. The number of hydrogen-bond acceptors (Lipinski definition) is 3. The summed E-state index contributed by atoms with van der Waals surface area (Å²) in [6, 6.07) is 8.84. The Morgan fingerprint density at radius 1 is 1.16 bits per heavy atom. The Morgan fingerprint density at radius 2 is 1.88 bits per heavy atom. The molecule has 3 heterocycles. The number of carbonyl (C=O) groups is 1. The van der Waals surface area contributed by atoms with E-state index >= 15 is 0 Å². The first-order valence-corrected chi connectivity index (χ1v) is 9.58. The van der Waals surface area contributed by atoms with Crippen molar-refractivity contribution in [2.75, 3.05) is 6.54 Å². The van der Waals surface area contributed by atoms with Crippen LogP contribution >= 0.6 is 11.3 Å². The van der Waals surface area contributed by atoms with Crippen molar-refractivity contribution in [1.82, 2.24) is 14.7 Å². The number of likely N-dealkylation sites (tertiary alicyclic amines) is 1. The van der Waals surface area contributed by atoms with Crippen molar-refractivity contribution < 1.29 is 4.79 Å². The maximum Gasteiger partial charge on any atom is 0.264 e. The second-order valence-corrected chi connectivity index (χ2v) is 8.15. The van der Waals surface area contributed by atoms with Gasteiger partial charge in [-0.15, -0.1) is 11.3 Å². The van der Waals surface area contributed by atoms with Crippen molar-refractivity contribution in [1.29, 1.82) is 0 Å². The van der Waals surface area contributed by atoms with E-state index < -0.39 is 0 Å². The summed E-state index contributed by atoms with van der Waals surface area (Å²) in [6.45, 7) is 7.08. The van der Waals surface area contributed by atoms with Gasteiger partial charge in [0.15, 0.2) is 0 Å². The number of nitrogens with zero attached hydrogens (tertiary/aromatic N) is 3. The predicted molar refractivity (Wildman–Crippen MR) is 102 cm³/mol. The number of thiophene rings is 1. The highest BCUT2D eigenvalue weighted by atomic mass is 32.1. The molecule has 1 unspecified atom stereocenters. The summed E-state index contributed by atoms with van der Waals surface area (Å²) in [6.07, 6.45) is 2.11. The summed E-state index contributed by atoms with van der Waals surface area (Å²) in [5.74, 6) is 0.155. The Hall–Kier alpha value is -2.14. The van der Waals surface area contributed by atoms with Crippen LogP contribution in [0, 0.1) is 20.8 Å². The molecule has 0 N–H and O–H groups in total. The van der Waals surface area contributed by atoms with Crippen LogP contribution in [0.2, 0.25) is 0 Å². The summed E-state index contributed by atoms with van der Waals surface area (Å²) >= 11 is 1.55. The summed E-state index contributed by atoms with van der Waals surface area (Å²) in [5.41, 5.74) is 4.78. The van der Waals surface area contributed by atoms with Gasteiger partial charge in [-0.25, -0.2) is 0 Å². The van der Waals surface area contributed by atoms with Crippen LogP contribution in [0.3, 0.4) is 0 Å². The molecule has 25 heavy (non-hydrogen) atoms. The number of aryl methyl sites for hydroxylation is 4. The first-order chi connectivity index (χ1) is 11.9. The molecule has 4 nitrogen and oxygen atoms in total. The van der Waals surface area contributed by atoms with Crippen LogP contribution in [-0.4, -0.2) is 27.1 Å². The summed E-state index contributed by atoms with van der Waals surface area (Å²) in [4.78, 5) is 17.1. The Kier molecular flexibility index (Phi) is 3.91. The van der Waals surface area contributed by atoms with Gasteiger partial charge in [0.05, 0.1) is 16.6 Å². The van der Waals surface area contributed by atoms with E-state index in [0.29, 0.717) is 0 Å². The zero-order valence-electron chi connectivity index (χ0n) is 15.2. The quantitative estimate of drug-likeness (QED) is 0.678. The van der Waals surface area contributed by atoms with Gasteiger partial charge in [0.1, 0.15) is 4.83 Å². The fourth-order valence-corrected chi connectivity index (χ4v) is 5.09. The van der Waals surface area contributed by atoms with Crippen LogP contribution in [0.15, 0.2) is 24.3 Å². The monoisotopic (exact) mass is 353 g/mol. The number of aromatic nitrogens is 2. The molecule has 0 saturated carbocycles. The maximum absolute atomic E-state index is 13.2. The van der Waals surface area contributed by atoms with Crippen LogP contribution < -0.4 is 0 Å². The van der Waals surface area contributed by atoms with E-state index in [1.54, 1.807) is 11.3 Å². The number of amides is 1. The van der Waals surface area contributed by atoms with E-state index in [0.717, 1.165) is 40.2 Å². The third kappa shape index (κ3) is 2.76. The molecule has 1 aliphatic rings. The highest BCUT2D eigenvalue weighted by Gasteiger charge is 2.32. The highest BCUT2D eigenvalue weighted by molar-refractivity contribution is 7.20. The summed E-state index contributed by atoms with van der Waals surface area (Å²) < 4.78 is 1.87. The lowest BCUT2D eigenvalue weighted by atomic mass is 9.99. The van der Waals surface area contributed by atoms with Crippen LogP contribution in [0.1, 0.15) is 50.9 Å². The highest BCUT2D eigenvalue weighted by Crippen LogP contribution is 2.36. The molecule has 4 rings (SSSR count). The lowest BCUT2D eigenvalue weighted by Crippen LogP contribution is -2.30. The second kappa shape index (κ2) is 5.99. The normalized spacial score (nSPS) is 17.6. The maximum atomic E-state index is 13.2. The van der Waals surface area contributed by atoms with E-state index in [1.165, 1.54) is 16.7 Å².